The Balaban J connectivity index is 2.33. The predicted molar refractivity (Wildman–Crippen MR) is 68.3 cm³/mol. The van der Waals surface area contributed by atoms with Crippen molar-refractivity contribution >= 4 is 33.3 Å². The lowest BCUT2D eigenvalue weighted by molar-refractivity contribution is -0.136. The van der Waals surface area contributed by atoms with E-state index in [2.05, 4.69) is 0 Å². The third-order valence-corrected chi connectivity index (χ3v) is 3.68. The van der Waals surface area contributed by atoms with Crippen molar-refractivity contribution in [2.75, 3.05) is 0 Å². The Hall–Kier alpha value is -1.95. The van der Waals surface area contributed by atoms with Crippen molar-refractivity contribution in [2.45, 2.75) is 12.8 Å². The van der Waals surface area contributed by atoms with Crippen molar-refractivity contribution in [3.05, 3.63) is 33.4 Å². The summed E-state index contributed by atoms with van der Waals surface area (Å²) < 4.78 is 2.26. The van der Waals surface area contributed by atoms with Crippen LogP contribution in [0.3, 0.4) is 0 Å². The van der Waals surface area contributed by atoms with E-state index in [-0.39, 0.29) is 23.5 Å². The molecular formula is C12H11NO4S. The Morgan fingerprint density at radius 2 is 2.06 bits per heavy atom. The molecule has 94 valence electrons. The monoisotopic (exact) mass is 265 g/mol. The highest BCUT2D eigenvalue weighted by Crippen LogP contribution is 2.19. The fourth-order valence-corrected chi connectivity index (χ4v) is 2.59. The molecule has 18 heavy (non-hydrogen) atoms. The lowest BCUT2D eigenvalue weighted by Gasteiger charge is -2.00. The first kappa shape index (κ1) is 12.5. The smallest absolute Gasteiger partial charge is 0.307 e. The number of rotatable bonds is 4. The number of carbonyl (C=O) groups is 2. The van der Waals surface area contributed by atoms with Gasteiger partial charge in [0.1, 0.15) is 0 Å². The fraction of sp³-hybridized carbons (Fsp3) is 0.250. The summed E-state index contributed by atoms with van der Waals surface area (Å²) in [5, 5.41) is 8.53. The predicted octanol–water partition coefficient (Wildman–Crippen LogP) is 1.65. The van der Waals surface area contributed by atoms with Crippen LogP contribution < -0.4 is 4.87 Å². The van der Waals surface area contributed by atoms with Crippen molar-refractivity contribution in [3.8, 4) is 0 Å². The van der Waals surface area contributed by atoms with Crippen LogP contribution in [0.2, 0.25) is 0 Å². The highest BCUT2D eigenvalue weighted by Gasteiger charge is 2.11. The number of benzene rings is 1. The number of carboxylic acids is 1. The molecule has 0 spiro atoms. The molecule has 0 bridgehead atoms. The zero-order valence-corrected chi connectivity index (χ0v) is 10.5. The van der Waals surface area contributed by atoms with Crippen molar-refractivity contribution in [1.29, 1.82) is 0 Å². The molecule has 1 heterocycles. The van der Waals surface area contributed by atoms with Crippen LogP contribution in [0.25, 0.3) is 10.2 Å². The zero-order chi connectivity index (χ0) is 13.3. The van der Waals surface area contributed by atoms with Crippen LogP contribution in [0.15, 0.2) is 23.0 Å². The first-order valence-corrected chi connectivity index (χ1v) is 6.15. The molecule has 0 atom stereocenters. The summed E-state index contributed by atoms with van der Waals surface area (Å²) in [5.74, 6) is -1.21. The van der Waals surface area contributed by atoms with Crippen LogP contribution in [0.5, 0.6) is 0 Å². The van der Waals surface area contributed by atoms with Gasteiger partial charge in [-0.15, -0.1) is 0 Å². The minimum Gasteiger partial charge on any atom is -0.481 e. The average molecular weight is 265 g/mol. The van der Waals surface area contributed by atoms with E-state index >= 15 is 0 Å². The minimum atomic E-state index is -0.992. The van der Waals surface area contributed by atoms with E-state index in [4.69, 9.17) is 5.11 Å². The normalized spacial score (nSPS) is 10.7. The van der Waals surface area contributed by atoms with E-state index in [0.717, 1.165) is 21.6 Å². The van der Waals surface area contributed by atoms with Gasteiger partial charge in [0.05, 0.1) is 16.6 Å². The number of hydrogen-bond donors (Lipinski definition) is 1. The fourth-order valence-electron chi connectivity index (χ4n) is 1.67. The molecule has 1 aromatic carbocycles. The van der Waals surface area contributed by atoms with Gasteiger partial charge < -0.3 is 9.67 Å². The first-order chi connectivity index (χ1) is 8.49. The van der Waals surface area contributed by atoms with E-state index in [0.29, 0.717) is 5.56 Å². The number of fused-ring (bicyclic) bond motifs is 1. The van der Waals surface area contributed by atoms with Crippen LogP contribution in [-0.4, -0.2) is 21.4 Å². The third kappa shape index (κ3) is 2.33. The molecule has 0 aliphatic carbocycles. The average Bonchev–Trinajstić information content (AvgIpc) is 2.61. The van der Waals surface area contributed by atoms with E-state index in [1.165, 1.54) is 4.57 Å². The molecule has 2 rings (SSSR count). The number of carbonyl (C=O) groups excluding carboxylic acids is 1. The molecule has 0 radical (unpaired) electrons. The van der Waals surface area contributed by atoms with Gasteiger partial charge in [0.2, 0.25) is 0 Å². The summed E-state index contributed by atoms with van der Waals surface area (Å²) in [4.78, 5) is 33.5. The highest BCUT2D eigenvalue weighted by atomic mass is 32.1. The van der Waals surface area contributed by atoms with Gasteiger partial charge in [-0.3, -0.25) is 14.4 Å². The summed E-state index contributed by atoms with van der Waals surface area (Å²) in [5.41, 5.74) is 1.23. The molecule has 0 aliphatic rings. The molecule has 0 amide bonds. The van der Waals surface area contributed by atoms with Crippen molar-refractivity contribution in [1.82, 2.24) is 4.57 Å². The third-order valence-electron chi connectivity index (χ3n) is 2.68. The van der Waals surface area contributed by atoms with Gasteiger partial charge in [0, 0.05) is 19.0 Å². The molecule has 2 aromatic rings. The number of nitrogens with zero attached hydrogens (tertiary/aromatic N) is 1. The second kappa shape index (κ2) is 4.73. The molecule has 5 nitrogen and oxygen atoms in total. The second-order valence-electron chi connectivity index (χ2n) is 3.93. The van der Waals surface area contributed by atoms with Gasteiger partial charge in [-0.1, -0.05) is 11.3 Å². The second-order valence-corrected chi connectivity index (χ2v) is 4.92. The zero-order valence-electron chi connectivity index (χ0n) is 9.67. The van der Waals surface area contributed by atoms with Gasteiger partial charge in [-0.2, -0.15) is 0 Å². The lowest BCUT2D eigenvalue weighted by Crippen LogP contribution is -2.06. The SMILES string of the molecule is Cn1c(=O)sc2cc(C(=O)CCC(=O)O)ccc21. The quantitative estimate of drug-likeness (QED) is 0.853. The van der Waals surface area contributed by atoms with E-state index < -0.39 is 5.97 Å². The highest BCUT2D eigenvalue weighted by molar-refractivity contribution is 7.16. The molecule has 1 aromatic heterocycles. The Labute approximate surface area is 106 Å². The van der Waals surface area contributed by atoms with Crippen molar-refractivity contribution in [2.24, 2.45) is 7.05 Å². The largest absolute Gasteiger partial charge is 0.481 e. The van der Waals surface area contributed by atoms with Crippen molar-refractivity contribution in [3.63, 3.8) is 0 Å². The number of aliphatic carboxylic acids is 1. The van der Waals surface area contributed by atoms with Gasteiger partial charge >= 0.3 is 10.8 Å². The Morgan fingerprint density at radius 3 is 2.72 bits per heavy atom. The number of aryl methyl sites for hydroxylation is 1. The first-order valence-electron chi connectivity index (χ1n) is 5.33. The summed E-state index contributed by atoms with van der Waals surface area (Å²) in [6, 6.07) is 4.98. The maximum Gasteiger partial charge on any atom is 0.307 e. The van der Waals surface area contributed by atoms with E-state index in [1.54, 1.807) is 25.2 Å². The van der Waals surface area contributed by atoms with Crippen molar-refractivity contribution < 1.29 is 14.7 Å². The number of aromatic nitrogens is 1. The van der Waals surface area contributed by atoms with Crippen LogP contribution in [0.4, 0.5) is 0 Å². The van der Waals surface area contributed by atoms with Crippen LogP contribution >= 0.6 is 11.3 Å². The summed E-state index contributed by atoms with van der Waals surface area (Å²) in [7, 11) is 1.67. The molecule has 0 saturated heterocycles. The molecule has 1 N–H and O–H groups in total. The molecule has 0 aliphatic heterocycles. The molecule has 0 saturated carbocycles. The topological polar surface area (TPSA) is 76.4 Å². The van der Waals surface area contributed by atoms with Crippen LogP contribution in [0, 0.1) is 0 Å². The van der Waals surface area contributed by atoms with Gasteiger partial charge in [0.15, 0.2) is 5.78 Å². The number of Topliss-reactive ketones (excluding diaryl/α,β-unsaturated/α-hetero) is 1. The van der Waals surface area contributed by atoms with E-state index in [1.807, 2.05) is 0 Å². The number of hydrogen-bond acceptors (Lipinski definition) is 4. The Kier molecular flexibility index (Phi) is 3.29. The Morgan fingerprint density at radius 1 is 1.33 bits per heavy atom. The molecule has 6 heteroatoms. The molecular weight excluding hydrogens is 254 g/mol. The van der Waals surface area contributed by atoms with Gasteiger partial charge in [-0.05, 0) is 18.2 Å². The van der Waals surface area contributed by atoms with E-state index in [9.17, 15) is 14.4 Å². The summed E-state index contributed by atoms with van der Waals surface area (Å²) in [6.45, 7) is 0. The molecule has 0 fully saturated rings. The molecule has 0 unspecified atom stereocenters. The van der Waals surface area contributed by atoms with Crippen LogP contribution in [0.1, 0.15) is 23.2 Å². The standard InChI is InChI=1S/C12H11NO4S/c1-13-8-3-2-7(6-10(8)18-12(13)17)9(14)4-5-11(15)16/h2-3,6H,4-5H2,1H3,(H,15,16). The number of carboxylic acid groups (broad SMARTS) is 1. The summed E-state index contributed by atoms with van der Waals surface area (Å²) >= 11 is 1.07. The minimum absolute atomic E-state index is 0.0252. The lowest BCUT2D eigenvalue weighted by atomic mass is 10.1. The maximum atomic E-state index is 11.7. The van der Waals surface area contributed by atoms with Gasteiger partial charge in [0.25, 0.3) is 0 Å². The number of thiazole rings is 1. The Bertz CT molecular complexity index is 683. The van der Waals surface area contributed by atoms with Gasteiger partial charge in [-0.25, -0.2) is 0 Å². The van der Waals surface area contributed by atoms with Crippen LogP contribution in [-0.2, 0) is 11.8 Å². The number of ketones is 1. The summed E-state index contributed by atoms with van der Waals surface area (Å²) in [6.07, 6.45) is -0.204. The maximum absolute atomic E-state index is 11.7.